The molecule has 5 aliphatic rings. The molecule has 0 aromatic carbocycles. The standard InChI is InChI=1S/C33H50N2O5/c1-23-33(32(38)39-2)21-27(19-30(36)34-22-25-13-7-4-8-14-25)31(37)35(18-17-24-11-5-3-6-12-24)29(33)20-28(40-23)26-15-9-10-16-26/h11,20,23,25-28H,3-10,12-19,21-22H2,1-2H3,(H,34,36)/t23-,27+,28-,33+/m1/s1. The molecule has 0 radical (unpaired) electrons. The first-order valence-corrected chi connectivity index (χ1v) is 16.1. The third-order valence-corrected chi connectivity index (χ3v) is 10.5. The van der Waals surface area contributed by atoms with E-state index in [1.807, 2.05) is 11.8 Å². The number of likely N-dealkylation sites (tertiary alicyclic amines) is 1. The highest BCUT2D eigenvalue weighted by Gasteiger charge is 2.60. The van der Waals surface area contributed by atoms with Crippen molar-refractivity contribution < 1.29 is 23.9 Å². The average molecular weight is 555 g/mol. The van der Waals surface area contributed by atoms with Gasteiger partial charge in [-0.25, -0.2) is 0 Å². The molecule has 0 aromatic heterocycles. The fraction of sp³-hybridized carbons (Fsp3) is 0.788. The molecular formula is C33H50N2O5. The molecule has 2 saturated carbocycles. The summed E-state index contributed by atoms with van der Waals surface area (Å²) in [5.74, 6) is -0.147. The van der Waals surface area contributed by atoms with Crippen LogP contribution in [-0.2, 0) is 23.9 Å². The van der Waals surface area contributed by atoms with Crippen LogP contribution in [-0.4, -0.2) is 55.1 Å². The molecule has 2 heterocycles. The van der Waals surface area contributed by atoms with E-state index < -0.39 is 17.4 Å². The van der Waals surface area contributed by atoms with E-state index in [1.165, 1.54) is 57.6 Å². The summed E-state index contributed by atoms with van der Waals surface area (Å²) in [7, 11) is 1.42. The van der Waals surface area contributed by atoms with E-state index in [0.717, 1.165) is 50.6 Å². The van der Waals surface area contributed by atoms with Gasteiger partial charge in [-0.3, -0.25) is 14.4 Å². The Kier molecular flexibility index (Phi) is 9.70. The van der Waals surface area contributed by atoms with Gasteiger partial charge >= 0.3 is 5.97 Å². The molecule has 0 aromatic rings. The molecular weight excluding hydrogens is 504 g/mol. The predicted octanol–water partition coefficient (Wildman–Crippen LogP) is 5.83. The van der Waals surface area contributed by atoms with Crippen LogP contribution < -0.4 is 5.32 Å². The van der Waals surface area contributed by atoms with Crippen molar-refractivity contribution >= 4 is 17.8 Å². The van der Waals surface area contributed by atoms with Crippen LogP contribution in [0.15, 0.2) is 23.4 Å². The number of nitrogens with zero attached hydrogens (tertiary/aromatic N) is 1. The number of amides is 2. The number of carbonyl (C=O) groups excluding carboxylic acids is 3. The number of hydrogen-bond donors (Lipinski definition) is 1. The minimum atomic E-state index is -1.09. The van der Waals surface area contributed by atoms with Gasteiger partial charge < -0.3 is 19.7 Å². The number of ether oxygens (including phenoxy) is 2. The SMILES string of the molecule is COC(=O)[C@]12C[C@H](CC(=O)NCC3CCCCC3)C(=O)N(CCC3=CCCCC3)C1=C[C@H](C1CCCC1)O[C@@H]2C. The summed E-state index contributed by atoms with van der Waals surface area (Å²) in [6.07, 6.45) is 20.2. The van der Waals surface area contributed by atoms with Gasteiger partial charge in [0.2, 0.25) is 11.8 Å². The van der Waals surface area contributed by atoms with Crippen LogP contribution in [0.2, 0.25) is 0 Å². The lowest BCUT2D eigenvalue weighted by Crippen LogP contribution is -2.60. The Labute approximate surface area is 240 Å². The van der Waals surface area contributed by atoms with Crippen molar-refractivity contribution in [3.05, 3.63) is 23.4 Å². The Balaban J connectivity index is 1.41. The zero-order chi connectivity index (χ0) is 28.1. The van der Waals surface area contributed by atoms with Crippen LogP contribution in [0.5, 0.6) is 0 Å². The van der Waals surface area contributed by atoms with Crippen LogP contribution in [0.3, 0.4) is 0 Å². The van der Waals surface area contributed by atoms with E-state index in [1.54, 1.807) is 0 Å². The molecule has 5 rings (SSSR count). The summed E-state index contributed by atoms with van der Waals surface area (Å²) in [6, 6.07) is 0. The number of methoxy groups -OCH3 is 1. The van der Waals surface area contributed by atoms with Gasteiger partial charge in [0.25, 0.3) is 0 Å². The predicted molar refractivity (Wildman–Crippen MR) is 154 cm³/mol. The fourth-order valence-corrected chi connectivity index (χ4v) is 8.11. The fourth-order valence-electron chi connectivity index (χ4n) is 8.11. The van der Waals surface area contributed by atoms with Gasteiger partial charge in [-0.05, 0) is 89.0 Å². The first-order chi connectivity index (χ1) is 19.4. The number of piperidine rings is 1. The zero-order valence-electron chi connectivity index (χ0n) is 24.8. The van der Waals surface area contributed by atoms with Crippen LogP contribution >= 0.6 is 0 Å². The van der Waals surface area contributed by atoms with E-state index in [0.29, 0.717) is 24.9 Å². The molecule has 0 bridgehead atoms. The lowest BCUT2D eigenvalue weighted by molar-refractivity contribution is -0.177. The Morgan fingerprint density at radius 2 is 1.82 bits per heavy atom. The molecule has 1 saturated heterocycles. The molecule has 2 amide bonds. The van der Waals surface area contributed by atoms with Crippen LogP contribution in [0.25, 0.3) is 0 Å². The molecule has 4 atom stereocenters. The maximum absolute atomic E-state index is 14.2. The molecule has 7 heteroatoms. The second-order valence-corrected chi connectivity index (χ2v) is 13.1. The number of fused-ring (bicyclic) bond motifs is 1. The van der Waals surface area contributed by atoms with Crippen molar-refractivity contribution in [3.63, 3.8) is 0 Å². The number of rotatable bonds is 9. The summed E-state index contributed by atoms with van der Waals surface area (Å²) >= 11 is 0. The Bertz CT molecular complexity index is 993. The highest BCUT2D eigenvalue weighted by Crippen LogP contribution is 2.52. The summed E-state index contributed by atoms with van der Waals surface area (Å²) in [5.41, 5.74) is 1.06. The topological polar surface area (TPSA) is 84.9 Å². The van der Waals surface area contributed by atoms with E-state index in [4.69, 9.17) is 9.47 Å². The number of nitrogens with one attached hydrogen (secondary N) is 1. The van der Waals surface area contributed by atoms with Crippen molar-refractivity contribution in [2.45, 2.75) is 122 Å². The lowest BCUT2D eigenvalue weighted by Gasteiger charge is -2.52. The van der Waals surface area contributed by atoms with Crippen molar-refractivity contribution in [1.82, 2.24) is 10.2 Å². The van der Waals surface area contributed by atoms with Crippen molar-refractivity contribution in [2.24, 2.45) is 23.2 Å². The molecule has 0 spiro atoms. The molecule has 40 heavy (non-hydrogen) atoms. The maximum Gasteiger partial charge on any atom is 0.320 e. The van der Waals surface area contributed by atoms with Gasteiger partial charge in [0.15, 0.2) is 0 Å². The number of esters is 1. The monoisotopic (exact) mass is 554 g/mol. The Hall–Kier alpha value is -2.15. The normalized spacial score (nSPS) is 31.8. The zero-order valence-corrected chi connectivity index (χ0v) is 24.8. The number of hydrogen-bond acceptors (Lipinski definition) is 5. The largest absolute Gasteiger partial charge is 0.468 e. The van der Waals surface area contributed by atoms with Gasteiger partial charge in [-0.2, -0.15) is 0 Å². The molecule has 2 aliphatic heterocycles. The van der Waals surface area contributed by atoms with Gasteiger partial charge in [-0.15, -0.1) is 0 Å². The summed E-state index contributed by atoms with van der Waals surface area (Å²) < 4.78 is 12.0. The van der Waals surface area contributed by atoms with E-state index in [-0.39, 0.29) is 36.7 Å². The minimum absolute atomic E-state index is 0.0331. The first kappa shape index (κ1) is 29.3. The first-order valence-electron chi connectivity index (χ1n) is 16.1. The lowest BCUT2D eigenvalue weighted by atomic mass is 9.66. The van der Waals surface area contributed by atoms with Crippen LogP contribution in [0.4, 0.5) is 0 Å². The van der Waals surface area contributed by atoms with Crippen molar-refractivity contribution in [3.8, 4) is 0 Å². The van der Waals surface area contributed by atoms with Crippen LogP contribution in [0.1, 0.15) is 110 Å². The summed E-state index contributed by atoms with van der Waals surface area (Å²) in [6.45, 7) is 3.16. The third kappa shape index (κ3) is 6.19. The Morgan fingerprint density at radius 3 is 2.52 bits per heavy atom. The molecule has 1 N–H and O–H groups in total. The molecule has 7 nitrogen and oxygen atoms in total. The number of carbonyl (C=O) groups is 3. The van der Waals surface area contributed by atoms with Gasteiger partial charge in [0, 0.05) is 31.1 Å². The van der Waals surface area contributed by atoms with Crippen LogP contribution in [0, 0.1) is 23.2 Å². The van der Waals surface area contributed by atoms with Crippen molar-refractivity contribution in [2.75, 3.05) is 20.2 Å². The number of allylic oxidation sites excluding steroid dienone is 1. The molecule has 3 aliphatic carbocycles. The van der Waals surface area contributed by atoms with Gasteiger partial charge in [0.05, 0.1) is 19.3 Å². The average Bonchev–Trinajstić information content (AvgIpc) is 3.52. The molecule has 222 valence electrons. The minimum Gasteiger partial charge on any atom is -0.468 e. The molecule has 0 unspecified atom stereocenters. The van der Waals surface area contributed by atoms with Crippen molar-refractivity contribution in [1.29, 1.82) is 0 Å². The van der Waals surface area contributed by atoms with E-state index in [2.05, 4.69) is 17.5 Å². The van der Waals surface area contributed by atoms with E-state index >= 15 is 0 Å². The summed E-state index contributed by atoms with van der Waals surface area (Å²) in [4.78, 5) is 42.9. The van der Waals surface area contributed by atoms with E-state index in [9.17, 15) is 14.4 Å². The summed E-state index contributed by atoms with van der Waals surface area (Å²) in [5, 5.41) is 3.12. The van der Waals surface area contributed by atoms with Gasteiger partial charge in [0.1, 0.15) is 5.41 Å². The van der Waals surface area contributed by atoms with Gasteiger partial charge in [-0.1, -0.05) is 43.8 Å². The highest BCUT2D eigenvalue weighted by atomic mass is 16.5. The quantitative estimate of drug-likeness (QED) is 0.286. The molecule has 3 fully saturated rings. The Morgan fingerprint density at radius 1 is 1.07 bits per heavy atom. The second-order valence-electron chi connectivity index (χ2n) is 13.1. The smallest absolute Gasteiger partial charge is 0.320 e. The third-order valence-electron chi connectivity index (χ3n) is 10.5. The maximum atomic E-state index is 14.2. The highest BCUT2D eigenvalue weighted by molar-refractivity contribution is 5.92. The second kappa shape index (κ2) is 13.2.